The molecule has 1 atom stereocenters. The van der Waals surface area contributed by atoms with Gasteiger partial charge in [-0.05, 0) is 29.0 Å². The summed E-state index contributed by atoms with van der Waals surface area (Å²) in [6, 6.07) is 18.3. The molecule has 0 bridgehead atoms. The first-order chi connectivity index (χ1) is 15.4. The first kappa shape index (κ1) is 23.2. The topological polar surface area (TPSA) is 73.9 Å². The molecule has 0 saturated heterocycles. The summed E-state index contributed by atoms with van der Waals surface area (Å²) in [5.41, 5.74) is 4.83. The Bertz CT molecular complexity index is 1020. The molecule has 0 aliphatic heterocycles. The van der Waals surface area contributed by atoms with Crippen LogP contribution < -0.4 is 0 Å². The lowest BCUT2D eigenvalue weighted by atomic mass is 9.86. The molecule has 3 rings (SSSR count). The normalized spacial score (nSPS) is 13.7. The Kier molecular flexibility index (Phi) is 7.76. The van der Waals surface area contributed by atoms with Crippen LogP contribution in [0.25, 0.3) is 0 Å². The maximum absolute atomic E-state index is 5.72. The smallest absolute Gasteiger partial charge is 0.142 e. The van der Waals surface area contributed by atoms with Gasteiger partial charge in [-0.15, -0.1) is 0 Å². The van der Waals surface area contributed by atoms with Crippen LogP contribution in [0.5, 0.6) is 0 Å². The third-order valence-corrected chi connectivity index (χ3v) is 5.16. The molecule has 1 aromatic heterocycles. The van der Waals surface area contributed by atoms with Crippen LogP contribution in [0.1, 0.15) is 50.4 Å². The van der Waals surface area contributed by atoms with E-state index in [-0.39, 0.29) is 11.5 Å². The maximum Gasteiger partial charge on any atom is 0.142 e. The van der Waals surface area contributed by atoms with Crippen LogP contribution in [-0.2, 0) is 28.1 Å². The molecule has 1 unspecified atom stereocenters. The monoisotopic (exact) mass is 433 g/mol. The number of hydrogen-bond acceptors (Lipinski definition) is 6. The highest BCUT2D eigenvalue weighted by atomic mass is 16.6. The highest BCUT2D eigenvalue weighted by Crippen LogP contribution is 2.24. The van der Waals surface area contributed by atoms with Gasteiger partial charge in [-0.1, -0.05) is 85.7 Å². The second kappa shape index (κ2) is 10.7. The van der Waals surface area contributed by atoms with Gasteiger partial charge in [-0.3, -0.25) is 0 Å². The third kappa shape index (κ3) is 6.26. The zero-order valence-corrected chi connectivity index (χ0v) is 19.4. The summed E-state index contributed by atoms with van der Waals surface area (Å²) in [6.45, 7) is 8.83. The van der Waals surface area contributed by atoms with E-state index in [0.717, 1.165) is 11.1 Å². The molecule has 7 heteroatoms. The minimum Gasteiger partial charge on any atom is -0.399 e. The van der Waals surface area contributed by atoms with Crippen LogP contribution in [0.4, 0.5) is 0 Å². The van der Waals surface area contributed by atoms with Crippen molar-refractivity contribution in [3.8, 4) is 0 Å². The Labute approximate surface area is 189 Å². The van der Waals surface area contributed by atoms with Crippen molar-refractivity contribution >= 4 is 11.4 Å². The summed E-state index contributed by atoms with van der Waals surface area (Å²) in [5, 5.41) is 13.0. The molecule has 0 aliphatic carbocycles. The standard InChI is InChI=1S/C25H31N5O2/c1-19(28-31-5)24(29-32-16-21-9-7-6-8-10-21)23(30-18-26-17-27-30)15-20-11-13-22(14-12-20)25(2,3)4/h6-14,17-18,23H,15-16H2,1-5H3. The molecule has 2 aromatic carbocycles. The van der Waals surface area contributed by atoms with Crippen molar-refractivity contribution in [3.63, 3.8) is 0 Å². The molecule has 0 saturated carbocycles. The van der Waals surface area contributed by atoms with Gasteiger partial charge < -0.3 is 9.68 Å². The highest BCUT2D eigenvalue weighted by Gasteiger charge is 2.24. The predicted octanol–water partition coefficient (Wildman–Crippen LogP) is 4.95. The number of oxime groups is 2. The van der Waals surface area contributed by atoms with E-state index in [0.29, 0.717) is 24.5 Å². The van der Waals surface area contributed by atoms with Gasteiger partial charge in [0.05, 0.1) is 0 Å². The molecule has 0 aliphatic rings. The molecular formula is C25H31N5O2. The van der Waals surface area contributed by atoms with E-state index in [4.69, 9.17) is 9.68 Å². The quantitative estimate of drug-likeness (QED) is 0.353. The molecule has 168 valence electrons. The summed E-state index contributed by atoms with van der Waals surface area (Å²) < 4.78 is 1.77. The molecule has 0 amide bonds. The maximum atomic E-state index is 5.72. The second-order valence-corrected chi connectivity index (χ2v) is 8.64. The molecule has 0 fully saturated rings. The minimum atomic E-state index is -0.257. The summed E-state index contributed by atoms with van der Waals surface area (Å²) in [5.74, 6) is 0. The Balaban J connectivity index is 1.90. The summed E-state index contributed by atoms with van der Waals surface area (Å²) in [7, 11) is 1.52. The molecule has 3 aromatic rings. The van der Waals surface area contributed by atoms with Gasteiger partial charge in [0, 0.05) is 6.42 Å². The summed E-state index contributed by atoms with van der Waals surface area (Å²) in [4.78, 5) is 14.9. The van der Waals surface area contributed by atoms with Crippen molar-refractivity contribution in [1.29, 1.82) is 0 Å². The first-order valence-corrected chi connectivity index (χ1v) is 10.6. The van der Waals surface area contributed by atoms with E-state index >= 15 is 0 Å². The molecule has 0 N–H and O–H groups in total. The van der Waals surface area contributed by atoms with E-state index in [1.165, 1.54) is 19.0 Å². The van der Waals surface area contributed by atoms with Crippen molar-refractivity contribution in [2.45, 2.75) is 52.2 Å². The number of aromatic nitrogens is 3. The van der Waals surface area contributed by atoms with E-state index in [1.807, 2.05) is 37.3 Å². The van der Waals surface area contributed by atoms with Crippen LogP contribution in [0.15, 0.2) is 77.6 Å². The molecule has 7 nitrogen and oxygen atoms in total. The van der Waals surface area contributed by atoms with Crippen LogP contribution in [0.3, 0.4) is 0 Å². The van der Waals surface area contributed by atoms with E-state index in [2.05, 4.69) is 65.4 Å². The van der Waals surface area contributed by atoms with Crippen molar-refractivity contribution < 1.29 is 9.68 Å². The second-order valence-electron chi connectivity index (χ2n) is 8.64. The average Bonchev–Trinajstić information content (AvgIpc) is 3.31. The van der Waals surface area contributed by atoms with Crippen molar-refractivity contribution in [2.24, 2.45) is 10.3 Å². The largest absolute Gasteiger partial charge is 0.399 e. The van der Waals surface area contributed by atoms with E-state index in [1.54, 1.807) is 11.0 Å². The number of benzene rings is 2. The van der Waals surface area contributed by atoms with Gasteiger partial charge in [0.1, 0.15) is 43.8 Å². The van der Waals surface area contributed by atoms with Gasteiger partial charge in [-0.2, -0.15) is 5.10 Å². The lowest BCUT2D eigenvalue weighted by Gasteiger charge is -2.21. The zero-order valence-electron chi connectivity index (χ0n) is 19.4. The summed E-state index contributed by atoms with van der Waals surface area (Å²) >= 11 is 0. The average molecular weight is 434 g/mol. The Hall–Kier alpha value is -3.48. The van der Waals surface area contributed by atoms with E-state index < -0.39 is 0 Å². The number of rotatable bonds is 9. The predicted molar refractivity (Wildman–Crippen MR) is 127 cm³/mol. The Morgan fingerprint density at radius 2 is 1.72 bits per heavy atom. The van der Waals surface area contributed by atoms with Crippen LogP contribution >= 0.6 is 0 Å². The van der Waals surface area contributed by atoms with Crippen LogP contribution in [0.2, 0.25) is 0 Å². The lowest BCUT2D eigenvalue weighted by molar-refractivity contribution is 0.129. The van der Waals surface area contributed by atoms with Crippen molar-refractivity contribution in [2.75, 3.05) is 7.11 Å². The van der Waals surface area contributed by atoms with Crippen molar-refractivity contribution in [1.82, 2.24) is 14.8 Å². The highest BCUT2D eigenvalue weighted by molar-refractivity contribution is 6.42. The molecule has 0 spiro atoms. The first-order valence-electron chi connectivity index (χ1n) is 10.6. The van der Waals surface area contributed by atoms with Gasteiger partial charge in [0.25, 0.3) is 0 Å². The zero-order chi connectivity index (χ0) is 23.0. The fourth-order valence-corrected chi connectivity index (χ4v) is 3.36. The van der Waals surface area contributed by atoms with Gasteiger partial charge in [0.15, 0.2) is 0 Å². The Morgan fingerprint density at radius 1 is 1.00 bits per heavy atom. The van der Waals surface area contributed by atoms with Gasteiger partial charge in [0.2, 0.25) is 0 Å². The molecule has 0 radical (unpaired) electrons. The van der Waals surface area contributed by atoms with Crippen molar-refractivity contribution in [3.05, 3.63) is 83.9 Å². The fraction of sp³-hybridized carbons (Fsp3) is 0.360. The van der Waals surface area contributed by atoms with Crippen LogP contribution in [-0.4, -0.2) is 33.3 Å². The number of nitrogens with zero attached hydrogens (tertiary/aromatic N) is 5. The van der Waals surface area contributed by atoms with E-state index in [9.17, 15) is 0 Å². The van der Waals surface area contributed by atoms with Gasteiger partial charge in [-0.25, -0.2) is 9.67 Å². The van der Waals surface area contributed by atoms with Crippen LogP contribution in [0, 0.1) is 0 Å². The molecular weight excluding hydrogens is 402 g/mol. The molecule has 1 heterocycles. The number of hydrogen-bond donors (Lipinski definition) is 0. The third-order valence-electron chi connectivity index (χ3n) is 5.16. The van der Waals surface area contributed by atoms with Gasteiger partial charge >= 0.3 is 0 Å². The summed E-state index contributed by atoms with van der Waals surface area (Å²) in [6.07, 6.45) is 3.85. The Morgan fingerprint density at radius 3 is 2.31 bits per heavy atom. The lowest BCUT2D eigenvalue weighted by Crippen LogP contribution is -2.28. The fourth-order valence-electron chi connectivity index (χ4n) is 3.36. The SMILES string of the molecule is CON=C(C)C(=NOCc1ccccc1)C(Cc1ccc(C(C)(C)C)cc1)n1cncn1. The molecule has 32 heavy (non-hydrogen) atoms. The minimum absolute atomic E-state index is 0.101.